The van der Waals surface area contributed by atoms with E-state index in [0.717, 1.165) is 11.1 Å². The van der Waals surface area contributed by atoms with Crippen LogP contribution >= 0.6 is 0 Å². The van der Waals surface area contributed by atoms with Gasteiger partial charge >= 0.3 is 0 Å². The minimum absolute atomic E-state index is 0.0222. The van der Waals surface area contributed by atoms with Crippen LogP contribution in [0, 0.1) is 11.8 Å². The SMILES string of the molecule is COc1cc(OC)cc(C2OCC(Cc3ccc(O)cc3O)C2CO)c1. The summed E-state index contributed by atoms with van der Waals surface area (Å²) in [6.45, 7) is 0.434. The zero-order valence-electron chi connectivity index (χ0n) is 14.9. The molecule has 0 aliphatic carbocycles. The minimum Gasteiger partial charge on any atom is -0.508 e. The maximum absolute atomic E-state index is 10.0. The molecule has 3 atom stereocenters. The second-order valence-electron chi connectivity index (χ2n) is 6.52. The number of hydrogen-bond donors (Lipinski definition) is 3. The second-order valence-corrected chi connectivity index (χ2v) is 6.52. The predicted octanol–water partition coefficient (Wildman–Crippen LogP) is 2.65. The lowest BCUT2D eigenvalue weighted by molar-refractivity contribution is 0.0715. The zero-order valence-corrected chi connectivity index (χ0v) is 14.9. The van der Waals surface area contributed by atoms with Crippen LogP contribution in [-0.2, 0) is 11.2 Å². The Morgan fingerprint density at radius 2 is 1.73 bits per heavy atom. The first-order valence-corrected chi connectivity index (χ1v) is 8.52. The molecule has 6 heteroatoms. The molecule has 1 aliphatic rings. The molecular formula is C20H24O6. The third-order valence-corrected chi connectivity index (χ3v) is 4.95. The number of phenolic OH excluding ortho intramolecular Hbond substituents is 2. The van der Waals surface area contributed by atoms with Crippen LogP contribution in [0.15, 0.2) is 36.4 Å². The fourth-order valence-corrected chi connectivity index (χ4v) is 3.52. The van der Waals surface area contributed by atoms with Gasteiger partial charge in [-0.3, -0.25) is 0 Å². The Hall–Kier alpha value is -2.44. The van der Waals surface area contributed by atoms with Crippen LogP contribution in [-0.4, -0.2) is 42.8 Å². The molecule has 3 unspecified atom stereocenters. The quantitative estimate of drug-likeness (QED) is 0.734. The van der Waals surface area contributed by atoms with Crippen molar-refractivity contribution in [3.05, 3.63) is 47.5 Å². The molecule has 1 heterocycles. The summed E-state index contributed by atoms with van der Waals surface area (Å²) in [5.74, 6) is 1.32. The Morgan fingerprint density at radius 3 is 2.31 bits per heavy atom. The van der Waals surface area contributed by atoms with Crippen LogP contribution in [0.1, 0.15) is 17.2 Å². The molecule has 6 nitrogen and oxygen atoms in total. The molecular weight excluding hydrogens is 336 g/mol. The average Bonchev–Trinajstić information content (AvgIpc) is 3.06. The first kappa shape index (κ1) is 18.4. The lowest BCUT2D eigenvalue weighted by Gasteiger charge is -2.22. The maximum Gasteiger partial charge on any atom is 0.122 e. The van der Waals surface area contributed by atoms with Gasteiger partial charge in [0.05, 0.1) is 26.9 Å². The van der Waals surface area contributed by atoms with E-state index in [1.165, 1.54) is 6.07 Å². The fraction of sp³-hybridized carbons (Fsp3) is 0.400. The Labute approximate surface area is 152 Å². The summed E-state index contributed by atoms with van der Waals surface area (Å²) in [5.41, 5.74) is 1.61. The summed E-state index contributed by atoms with van der Waals surface area (Å²) in [7, 11) is 3.18. The molecule has 3 N–H and O–H groups in total. The van der Waals surface area contributed by atoms with E-state index in [1.54, 1.807) is 32.4 Å². The standard InChI is InChI=1S/C20H24O6/c1-24-16-6-13(7-17(9-16)25-2)20-18(10-21)14(11-26-20)5-12-3-4-15(22)8-19(12)23/h3-4,6-9,14,18,20-23H,5,10-11H2,1-2H3. The number of aliphatic hydroxyl groups is 1. The normalized spacial score (nSPS) is 22.3. The minimum atomic E-state index is -0.284. The number of hydrogen-bond acceptors (Lipinski definition) is 6. The fourth-order valence-electron chi connectivity index (χ4n) is 3.52. The van der Waals surface area contributed by atoms with E-state index in [4.69, 9.17) is 14.2 Å². The summed E-state index contributed by atoms with van der Waals surface area (Å²) in [6, 6.07) is 10.1. The van der Waals surface area contributed by atoms with E-state index in [1.807, 2.05) is 12.1 Å². The average molecular weight is 360 g/mol. The van der Waals surface area contributed by atoms with Crippen molar-refractivity contribution in [2.75, 3.05) is 27.4 Å². The van der Waals surface area contributed by atoms with E-state index in [2.05, 4.69) is 0 Å². The van der Waals surface area contributed by atoms with Gasteiger partial charge in [-0.2, -0.15) is 0 Å². The summed E-state index contributed by atoms with van der Waals surface area (Å²) in [4.78, 5) is 0. The summed E-state index contributed by atoms with van der Waals surface area (Å²) < 4.78 is 16.6. The highest BCUT2D eigenvalue weighted by Gasteiger charge is 2.38. The smallest absolute Gasteiger partial charge is 0.122 e. The Kier molecular flexibility index (Phi) is 5.54. The molecule has 3 rings (SSSR count). The first-order chi connectivity index (χ1) is 12.5. The van der Waals surface area contributed by atoms with Crippen molar-refractivity contribution in [2.24, 2.45) is 11.8 Å². The third kappa shape index (κ3) is 3.71. The predicted molar refractivity (Wildman–Crippen MR) is 95.8 cm³/mol. The van der Waals surface area contributed by atoms with Crippen LogP contribution in [0.2, 0.25) is 0 Å². The molecule has 0 bridgehead atoms. The number of aliphatic hydroxyl groups excluding tert-OH is 1. The number of methoxy groups -OCH3 is 2. The molecule has 0 spiro atoms. The van der Waals surface area contributed by atoms with Crippen molar-refractivity contribution in [1.82, 2.24) is 0 Å². The van der Waals surface area contributed by atoms with Gasteiger partial charge in [0.25, 0.3) is 0 Å². The highest BCUT2D eigenvalue weighted by molar-refractivity contribution is 5.41. The molecule has 0 saturated carbocycles. The zero-order chi connectivity index (χ0) is 18.7. The van der Waals surface area contributed by atoms with Crippen molar-refractivity contribution in [1.29, 1.82) is 0 Å². The third-order valence-electron chi connectivity index (χ3n) is 4.95. The van der Waals surface area contributed by atoms with Crippen molar-refractivity contribution in [3.8, 4) is 23.0 Å². The van der Waals surface area contributed by atoms with Gasteiger partial charge in [0.2, 0.25) is 0 Å². The van der Waals surface area contributed by atoms with Gasteiger partial charge in [0, 0.05) is 24.7 Å². The van der Waals surface area contributed by atoms with Crippen LogP contribution < -0.4 is 9.47 Å². The van der Waals surface area contributed by atoms with Crippen LogP contribution in [0.5, 0.6) is 23.0 Å². The second kappa shape index (κ2) is 7.85. The van der Waals surface area contributed by atoms with Crippen molar-refractivity contribution < 1.29 is 29.5 Å². The summed E-state index contributed by atoms with van der Waals surface area (Å²) in [6.07, 6.45) is 0.267. The van der Waals surface area contributed by atoms with Crippen LogP contribution in [0.4, 0.5) is 0 Å². The van der Waals surface area contributed by atoms with Gasteiger partial charge in [0.15, 0.2) is 0 Å². The van der Waals surface area contributed by atoms with Gasteiger partial charge in [0.1, 0.15) is 23.0 Å². The van der Waals surface area contributed by atoms with Gasteiger partial charge in [-0.15, -0.1) is 0 Å². The highest BCUT2D eigenvalue weighted by atomic mass is 16.5. The summed E-state index contributed by atoms with van der Waals surface area (Å²) in [5, 5.41) is 29.4. The van der Waals surface area contributed by atoms with E-state index in [0.29, 0.717) is 24.5 Å². The first-order valence-electron chi connectivity index (χ1n) is 8.52. The molecule has 2 aromatic rings. The monoisotopic (exact) mass is 360 g/mol. The molecule has 0 radical (unpaired) electrons. The van der Waals surface area contributed by atoms with Crippen molar-refractivity contribution in [3.63, 3.8) is 0 Å². The Balaban J connectivity index is 1.83. The number of ether oxygens (including phenoxy) is 3. The molecule has 2 aromatic carbocycles. The van der Waals surface area contributed by atoms with Crippen molar-refractivity contribution in [2.45, 2.75) is 12.5 Å². The Morgan fingerprint density at radius 1 is 1.04 bits per heavy atom. The molecule has 140 valence electrons. The van der Waals surface area contributed by atoms with Crippen LogP contribution in [0.3, 0.4) is 0 Å². The number of phenols is 2. The molecule has 1 aliphatic heterocycles. The molecule has 1 saturated heterocycles. The van der Waals surface area contributed by atoms with Gasteiger partial charge in [-0.25, -0.2) is 0 Å². The maximum atomic E-state index is 10.0. The van der Waals surface area contributed by atoms with Crippen LogP contribution in [0.25, 0.3) is 0 Å². The van der Waals surface area contributed by atoms with Gasteiger partial charge in [-0.05, 0) is 41.7 Å². The summed E-state index contributed by atoms with van der Waals surface area (Å²) >= 11 is 0. The van der Waals surface area contributed by atoms with E-state index in [9.17, 15) is 15.3 Å². The molecule has 1 fully saturated rings. The van der Waals surface area contributed by atoms with Gasteiger partial charge < -0.3 is 29.5 Å². The van der Waals surface area contributed by atoms with E-state index < -0.39 is 0 Å². The Bertz CT molecular complexity index is 738. The number of rotatable bonds is 6. The lowest BCUT2D eigenvalue weighted by atomic mass is 9.84. The van der Waals surface area contributed by atoms with Crippen molar-refractivity contribution >= 4 is 0 Å². The number of benzene rings is 2. The highest BCUT2D eigenvalue weighted by Crippen LogP contribution is 2.42. The molecule has 0 amide bonds. The molecule has 0 aromatic heterocycles. The molecule has 26 heavy (non-hydrogen) atoms. The topological polar surface area (TPSA) is 88.4 Å². The van der Waals surface area contributed by atoms with E-state index >= 15 is 0 Å². The van der Waals surface area contributed by atoms with E-state index in [-0.39, 0.29) is 36.0 Å². The number of aromatic hydroxyl groups is 2. The van der Waals surface area contributed by atoms with Gasteiger partial charge in [-0.1, -0.05) is 6.07 Å². The lowest BCUT2D eigenvalue weighted by Crippen LogP contribution is -2.21. The largest absolute Gasteiger partial charge is 0.508 e.